The number of carboxylic acid groups (broad SMARTS) is 1. The highest BCUT2D eigenvalue weighted by atomic mass is 79.9. The number of aliphatic carboxylic acids is 1. The molecule has 0 amide bonds. The summed E-state index contributed by atoms with van der Waals surface area (Å²) in [7, 11) is 0. The number of carboxylic acids is 1. The third kappa shape index (κ3) is 3.46. The monoisotopic (exact) mass is 264 g/mol. The number of ether oxygens (including phenoxy) is 1. The fourth-order valence-electron chi connectivity index (χ4n) is 0.708. The van der Waals surface area contributed by atoms with Gasteiger partial charge in [-0.05, 0) is 28.9 Å². The third-order valence-corrected chi connectivity index (χ3v) is 3.12. The largest absolute Gasteiger partial charge is 0.479 e. The number of thiophene rings is 1. The average Bonchev–Trinajstić information content (AvgIpc) is 2.47. The van der Waals surface area contributed by atoms with E-state index in [9.17, 15) is 4.79 Å². The van der Waals surface area contributed by atoms with E-state index in [0.717, 1.165) is 9.35 Å². The summed E-state index contributed by atoms with van der Waals surface area (Å²) in [6.45, 7) is 1.87. The normalized spacial score (nSPS) is 12.8. The quantitative estimate of drug-likeness (QED) is 0.909. The van der Waals surface area contributed by atoms with E-state index in [1.54, 1.807) is 0 Å². The second kappa shape index (κ2) is 4.74. The van der Waals surface area contributed by atoms with Crippen molar-refractivity contribution < 1.29 is 14.6 Å². The standard InChI is InChI=1S/C8H9BrO3S/c1-5(8(10)11)12-3-7-2-6(9)4-13-7/h2,4-5H,3H2,1H3,(H,10,11). The predicted molar refractivity (Wildman–Crippen MR) is 53.9 cm³/mol. The molecular formula is C8H9BrO3S. The maximum atomic E-state index is 10.4. The highest BCUT2D eigenvalue weighted by molar-refractivity contribution is 9.10. The second-order valence-electron chi connectivity index (χ2n) is 2.52. The van der Waals surface area contributed by atoms with Crippen molar-refractivity contribution in [2.45, 2.75) is 19.6 Å². The first-order chi connectivity index (χ1) is 6.09. The summed E-state index contributed by atoms with van der Waals surface area (Å²) in [6, 6.07) is 1.92. The number of halogens is 1. The number of rotatable bonds is 4. The van der Waals surface area contributed by atoms with Gasteiger partial charge < -0.3 is 9.84 Å². The lowest BCUT2D eigenvalue weighted by Gasteiger charge is -2.05. The van der Waals surface area contributed by atoms with Crippen molar-refractivity contribution in [2.24, 2.45) is 0 Å². The van der Waals surface area contributed by atoms with E-state index in [1.807, 2.05) is 11.4 Å². The number of hydrogen-bond donors (Lipinski definition) is 1. The molecule has 1 unspecified atom stereocenters. The van der Waals surface area contributed by atoms with Crippen LogP contribution in [0.2, 0.25) is 0 Å². The van der Waals surface area contributed by atoms with Gasteiger partial charge in [-0.25, -0.2) is 4.79 Å². The van der Waals surface area contributed by atoms with Crippen molar-refractivity contribution in [3.05, 3.63) is 20.8 Å². The molecule has 0 saturated carbocycles. The van der Waals surface area contributed by atoms with Crippen LogP contribution in [-0.4, -0.2) is 17.2 Å². The topological polar surface area (TPSA) is 46.5 Å². The molecule has 0 aromatic carbocycles. The molecule has 0 aliphatic heterocycles. The molecule has 0 aliphatic carbocycles. The van der Waals surface area contributed by atoms with E-state index in [1.165, 1.54) is 18.3 Å². The minimum absolute atomic E-state index is 0.351. The van der Waals surface area contributed by atoms with E-state index < -0.39 is 12.1 Å². The predicted octanol–water partition coefficient (Wildman–Crippen LogP) is 2.50. The van der Waals surface area contributed by atoms with Crippen LogP contribution in [0.1, 0.15) is 11.8 Å². The van der Waals surface area contributed by atoms with Gasteiger partial charge in [0.15, 0.2) is 6.10 Å². The van der Waals surface area contributed by atoms with Gasteiger partial charge in [0.25, 0.3) is 0 Å². The summed E-state index contributed by atoms with van der Waals surface area (Å²) < 4.78 is 6.09. The van der Waals surface area contributed by atoms with Crippen LogP contribution in [0.4, 0.5) is 0 Å². The Bertz CT molecular complexity index is 297. The molecule has 0 radical (unpaired) electrons. The van der Waals surface area contributed by atoms with E-state index in [-0.39, 0.29) is 0 Å². The van der Waals surface area contributed by atoms with Gasteiger partial charge >= 0.3 is 5.97 Å². The van der Waals surface area contributed by atoms with E-state index in [4.69, 9.17) is 9.84 Å². The van der Waals surface area contributed by atoms with Crippen molar-refractivity contribution in [3.63, 3.8) is 0 Å². The summed E-state index contributed by atoms with van der Waals surface area (Å²) in [5.41, 5.74) is 0. The van der Waals surface area contributed by atoms with Gasteiger partial charge in [0, 0.05) is 14.7 Å². The Hall–Kier alpha value is -0.390. The van der Waals surface area contributed by atoms with Crippen molar-refractivity contribution in [1.82, 2.24) is 0 Å². The molecule has 1 N–H and O–H groups in total. The molecule has 1 rings (SSSR count). The Labute approximate surface area is 88.5 Å². The zero-order valence-electron chi connectivity index (χ0n) is 6.99. The molecule has 13 heavy (non-hydrogen) atoms. The van der Waals surface area contributed by atoms with Crippen molar-refractivity contribution in [1.29, 1.82) is 0 Å². The first-order valence-electron chi connectivity index (χ1n) is 3.67. The molecule has 5 heteroatoms. The molecule has 72 valence electrons. The highest BCUT2D eigenvalue weighted by Gasteiger charge is 2.11. The molecule has 1 atom stereocenters. The highest BCUT2D eigenvalue weighted by Crippen LogP contribution is 2.20. The van der Waals surface area contributed by atoms with Crippen LogP contribution in [0.5, 0.6) is 0 Å². The molecule has 0 fully saturated rings. The lowest BCUT2D eigenvalue weighted by Crippen LogP contribution is -2.19. The van der Waals surface area contributed by atoms with Crippen LogP contribution in [0.25, 0.3) is 0 Å². The van der Waals surface area contributed by atoms with Gasteiger partial charge in [-0.3, -0.25) is 0 Å². The van der Waals surface area contributed by atoms with Gasteiger partial charge in [-0.1, -0.05) is 0 Å². The minimum atomic E-state index is -0.935. The van der Waals surface area contributed by atoms with Crippen LogP contribution < -0.4 is 0 Å². The Kier molecular flexibility index (Phi) is 3.90. The van der Waals surface area contributed by atoms with Gasteiger partial charge in [-0.2, -0.15) is 0 Å². The molecule has 0 bridgehead atoms. The molecule has 0 spiro atoms. The van der Waals surface area contributed by atoms with Crippen LogP contribution >= 0.6 is 27.3 Å². The molecule has 0 aliphatic rings. The summed E-state index contributed by atoms with van der Waals surface area (Å²) in [5, 5.41) is 10.5. The van der Waals surface area contributed by atoms with Gasteiger partial charge in [0.2, 0.25) is 0 Å². The Balaban J connectivity index is 2.39. The van der Waals surface area contributed by atoms with E-state index in [0.29, 0.717) is 6.61 Å². The van der Waals surface area contributed by atoms with Crippen LogP contribution in [0, 0.1) is 0 Å². The summed E-state index contributed by atoms with van der Waals surface area (Å²) in [5.74, 6) is -0.935. The molecular weight excluding hydrogens is 256 g/mol. The van der Waals surface area contributed by atoms with Gasteiger partial charge in [-0.15, -0.1) is 11.3 Å². The van der Waals surface area contributed by atoms with Gasteiger partial charge in [0.1, 0.15) is 0 Å². The second-order valence-corrected chi connectivity index (χ2v) is 4.43. The SMILES string of the molecule is CC(OCc1cc(Br)cs1)C(=O)O. The van der Waals surface area contributed by atoms with E-state index >= 15 is 0 Å². The maximum Gasteiger partial charge on any atom is 0.332 e. The maximum absolute atomic E-state index is 10.4. The fraction of sp³-hybridized carbons (Fsp3) is 0.375. The minimum Gasteiger partial charge on any atom is -0.479 e. The number of carbonyl (C=O) groups is 1. The Morgan fingerprint density at radius 3 is 3.00 bits per heavy atom. The Morgan fingerprint density at radius 2 is 2.54 bits per heavy atom. The zero-order chi connectivity index (χ0) is 9.84. The summed E-state index contributed by atoms with van der Waals surface area (Å²) >= 11 is 4.85. The molecule has 1 aromatic heterocycles. The molecule has 1 aromatic rings. The smallest absolute Gasteiger partial charge is 0.332 e. The summed E-state index contributed by atoms with van der Waals surface area (Å²) in [4.78, 5) is 11.4. The van der Waals surface area contributed by atoms with Crippen LogP contribution in [0.3, 0.4) is 0 Å². The fourth-order valence-corrected chi connectivity index (χ4v) is 2.08. The van der Waals surface area contributed by atoms with Crippen LogP contribution in [-0.2, 0) is 16.1 Å². The first-order valence-corrected chi connectivity index (χ1v) is 5.34. The Morgan fingerprint density at radius 1 is 1.85 bits per heavy atom. The molecule has 3 nitrogen and oxygen atoms in total. The molecule has 1 heterocycles. The van der Waals surface area contributed by atoms with Gasteiger partial charge in [0.05, 0.1) is 6.61 Å². The lowest BCUT2D eigenvalue weighted by molar-refractivity contribution is -0.149. The number of hydrogen-bond acceptors (Lipinski definition) is 3. The van der Waals surface area contributed by atoms with Crippen molar-refractivity contribution >= 4 is 33.2 Å². The zero-order valence-corrected chi connectivity index (χ0v) is 9.39. The van der Waals surface area contributed by atoms with E-state index in [2.05, 4.69) is 15.9 Å². The lowest BCUT2D eigenvalue weighted by atomic mass is 10.4. The van der Waals surface area contributed by atoms with Crippen molar-refractivity contribution in [3.8, 4) is 0 Å². The summed E-state index contributed by atoms with van der Waals surface area (Å²) in [6.07, 6.45) is -0.749. The van der Waals surface area contributed by atoms with Crippen LogP contribution in [0.15, 0.2) is 15.9 Å². The third-order valence-electron chi connectivity index (χ3n) is 1.45. The molecule has 0 saturated heterocycles. The van der Waals surface area contributed by atoms with Crippen molar-refractivity contribution in [2.75, 3.05) is 0 Å². The first kappa shape index (κ1) is 10.7. The average molecular weight is 265 g/mol.